The van der Waals surface area contributed by atoms with Crippen LogP contribution < -0.4 is 0 Å². The van der Waals surface area contributed by atoms with E-state index in [1.165, 1.54) is 60.5 Å². The third kappa shape index (κ3) is 7.35. The van der Waals surface area contributed by atoms with E-state index in [0.29, 0.717) is 11.4 Å². The summed E-state index contributed by atoms with van der Waals surface area (Å²) in [6, 6.07) is 29.2. The summed E-state index contributed by atoms with van der Waals surface area (Å²) in [5, 5.41) is 40.8. The zero-order valence-corrected chi connectivity index (χ0v) is 37.4. The summed E-state index contributed by atoms with van der Waals surface area (Å²) in [4.78, 5) is 32.8. The standard InChI is InChI=1S/2C22H19N5O4S.Cu/c2*1-13-19-21(15-7-4-3-5-8-15)26(14(2)28)25-22(19)27(24-13)32(30,31)18-11-10-17(29)20-16(18)9-6-12-23-20;/h2*3-12,19,21,29H,1-2H3;. The Labute approximate surface area is 383 Å². The summed E-state index contributed by atoms with van der Waals surface area (Å²) in [6.45, 7) is 6.24. The summed E-state index contributed by atoms with van der Waals surface area (Å²) in [5.74, 6) is -1.52. The van der Waals surface area contributed by atoms with Crippen molar-refractivity contribution in [1.82, 2.24) is 28.8 Å². The smallest absolute Gasteiger partial charge is 0.285 e. The number of hydrazone groups is 4. The second-order valence-corrected chi connectivity index (χ2v) is 18.7. The molecule has 6 heterocycles. The molecular weight excluding hydrogens is 924 g/mol. The van der Waals surface area contributed by atoms with E-state index >= 15 is 0 Å². The number of fused-ring (bicyclic) bond motifs is 4. The van der Waals surface area contributed by atoms with Crippen molar-refractivity contribution in [3.05, 3.63) is 133 Å². The molecule has 0 fully saturated rings. The third-order valence-corrected chi connectivity index (χ3v) is 14.6. The second-order valence-electron chi connectivity index (χ2n) is 15.3. The first kappa shape index (κ1) is 44.5. The molecule has 0 saturated heterocycles. The second kappa shape index (κ2) is 16.8. The molecule has 4 atom stereocenters. The van der Waals surface area contributed by atoms with Crippen LogP contribution in [0.2, 0.25) is 0 Å². The van der Waals surface area contributed by atoms with Crippen LogP contribution in [0.25, 0.3) is 21.8 Å². The van der Waals surface area contributed by atoms with Crippen LogP contribution in [0.4, 0.5) is 0 Å². The van der Waals surface area contributed by atoms with Crippen molar-refractivity contribution in [2.24, 2.45) is 32.2 Å². The molecule has 4 aliphatic heterocycles. The van der Waals surface area contributed by atoms with E-state index in [4.69, 9.17) is 0 Å². The maximum Gasteiger partial charge on any atom is 0.285 e. The van der Waals surface area contributed by atoms with Gasteiger partial charge in [-0.15, -0.1) is 8.83 Å². The number of carbonyl (C=O) groups is 2. The minimum Gasteiger partial charge on any atom is -0.506 e. The third-order valence-electron chi connectivity index (χ3n) is 11.3. The molecule has 4 unspecified atom stereocenters. The zero-order chi connectivity index (χ0) is 45.2. The molecule has 1 radical (unpaired) electrons. The van der Waals surface area contributed by atoms with Crippen LogP contribution in [0.3, 0.4) is 0 Å². The Balaban J connectivity index is 0.000000175. The normalized spacial score (nSPS) is 20.0. The van der Waals surface area contributed by atoms with Gasteiger partial charge in [0.2, 0.25) is 11.8 Å². The largest absolute Gasteiger partial charge is 0.506 e. The zero-order valence-electron chi connectivity index (χ0n) is 34.8. The summed E-state index contributed by atoms with van der Waals surface area (Å²) >= 11 is 0. The van der Waals surface area contributed by atoms with Gasteiger partial charge in [0, 0.05) is 65.5 Å². The number of rotatable bonds is 6. The summed E-state index contributed by atoms with van der Waals surface area (Å²) in [5.41, 5.74) is 3.08. The Morgan fingerprint density at radius 2 is 0.892 bits per heavy atom. The number of nitrogens with zero attached hydrogens (tertiary/aromatic N) is 10. The fourth-order valence-corrected chi connectivity index (χ4v) is 11.4. The molecule has 2 amide bonds. The van der Waals surface area contributed by atoms with Crippen molar-refractivity contribution in [3.8, 4) is 11.5 Å². The Hall–Kier alpha value is -7.06. The van der Waals surface area contributed by atoms with Crippen LogP contribution >= 0.6 is 0 Å². The summed E-state index contributed by atoms with van der Waals surface area (Å²) < 4.78 is 56.6. The molecule has 10 rings (SSSR count). The van der Waals surface area contributed by atoms with Crippen LogP contribution in [0.15, 0.2) is 152 Å². The van der Waals surface area contributed by atoms with Crippen LogP contribution in [0, 0.1) is 11.8 Å². The van der Waals surface area contributed by atoms with Crippen molar-refractivity contribution < 1.29 is 53.7 Å². The number of benzene rings is 4. The van der Waals surface area contributed by atoms with Gasteiger partial charge in [-0.25, -0.2) is 10.0 Å². The van der Waals surface area contributed by atoms with Gasteiger partial charge >= 0.3 is 0 Å². The predicted molar refractivity (Wildman–Crippen MR) is 236 cm³/mol. The van der Waals surface area contributed by atoms with Gasteiger partial charge in [0.25, 0.3) is 20.0 Å². The van der Waals surface area contributed by atoms with Crippen molar-refractivity contribution >= 4 is 76.8 Å². The molecule has 4 aliphatic rings. The number of phenols is 2. The van der Waals surface area contributed by atoms with Crippen LogP contribution in [-0.2, 0) is 46.7 Å². The molecule has 2 N–H and O–H groups in total. The quantitative estimate of drug-likeness (QED) is 0.193. The van der Waals surface area contributed by atoms with E-state index in [2.05, 4.69) is 30.4 Å². The van der Waals surface area contributed by atoms with Gasteiger partial charge in [0.1, 0.15) is 22.5 Å². The molecule has 0 aliphatic carbocycles. The van der Waals surface area contributed by atoms with E-state index in [-0.39, 0.29) is 83.7 Å². The Morgan fingerprint density at radius 1 is 0.523 bits per heavy atom. The molecule has 0 saturated carbocycles. The molecule has 4 aromatic carbocycles. The molecule has 6 aromatic rings. The first-order valence-electron chi connectivity index (χ1n) is 19.8. The predicted octanol–water partition coefficient (Wildman–Crippen LogP) is 5.70. The topological polar surface area (TPSA) is 231 Å². The summed E-state index contributed by atoms with van der Waals surface area (Å²) in [7, 11) is -8.40. The Morgan fingerprint density at radius 3 is 1.25 bits per heavy atom. The van der Waals surface area contributed by atoms with Crippen LogP contribution in [-0.4, -0.2) is 90.8 Å². The van der Waals surface area contributed by atoms with Crippen molar-refractivity contribution in [2.45, 2.75) is 49.6 Å². The van der Waals surface area contributed by atoms with Gasteiger partial charge < -0.3 is 10.2 Å². The Bertz CT molecular complexity index is 3060. The SMILES string of the molecule is CC(=O)N1N=C2C(C(C)=NN2S(=O)(=O)c2ccc(O)c3ncccc23)C1c1ccccc1.CC(=O)N1N=C2C(C(C)=NN2S(=O)(=O)c2ccc(O)c3ncccc23)C1c1ccccc1.[Cu]. The average molecular weight is 963 g/mol. The average Bonchev–Trinajstić information content (AvgIpc) is 4.05. The maximum atomic E-state index is 13.7. The fraction of sp³-hybridized carbons (Fsp3) is 0.182. The summed E-state index contributed by atoms with van der Waals surface area (Å²) in [6.07, 6.45) is 2.95. The molecule has 0 spiro atoms. The van der Waals surface area contributed by atoms with Gasteiger partial charge in [0.05, 0.1) is 33.7 Å². The van der Waals surface area contributed by atoms with Crippen LogP contribution in [0.1, 0.15) is 50.9 Å². The molecule has 65 heavy (non-hydrogen) atoms. The van der Waals surface area contributed by atoms with E-state index in [1.54, 1.807) is 38.1 Å². The molecule has 2 aromatic heterocycles. The van der Waals surface area contributed by atoms with Crippen molar-refractivity contribution in [2.75, 3.05) is 0 Å². The van der Waals surface area contributed by atoms with Gasteiger partial charge in [-0.1, -0.05) is 60.7 Å². The number of amides is 2. The number of hydrogen-bond acceptors (Lipinski definition) is 14. The maximum absolute atomic E-state index is 13.7. The number of pyridine rings is 2. The first-order valence-corrected chi connectivity index (χ1v) is 22.7. The van der Waals surface area contributed by atoms with Crippen LogP contribution in [0.5, 0.6) is 11.5 Å². The van der Waals surface area contributed by atoms with Crippen molar-refractivity contribution in [1.29, 1.82) is 0 Å². The molecule has 0 bridgehead atoms. The fourth-order valence-electron chi connectivity index (χ4n) is 8.45. The number of sulfonamides is 2. The van der Waals surface area contributed by atoms with Crippen molar-refractivity contribution in [3.63, 3.8) is 0 Å². The molecule has 21 heteroatoms. The number of carbonyl (C=O) groups excluding carboxylic acids is 2. The molecule has 335 valence electrons. The number of aromatic nitrogens is 2. The van der Waals surface area contributed by atoms with Gasteiger partial charge in [-0.3, -0.25) is 19.6 Å². The number of amidine groups is 2. The minimum absolute atomic E-state index is 0. The van der Waals surface area contributed by atoms with Gasteiger partial charge in [-0.2, -0.15) is 37.2 Å². The van der Waals surface area contributed by atoms with Gasteiger partial charge in [-0.05, 0) is 73.5 Å². The number of aromatic hydroxyl groups is 2. The number of hydrogen-bond donors (Lipinski definition) is 2. The monoisotopic (exact) mass is 961 g/mol. The molecule has 18 nitrogen and oxygen atoms in total. The van der Waals surface area contributed by atoms with Gasteiger partial charge in [0.15, 0.2) is 11.7 Å². The van der Waals surface area contributed by atoms with E-state index < -0.39 is 44.0 Å². The number of phenolic OH excluding ortho intramolecular Hbond substituents is 2. The van der Waals surface area contributed by atoms with E-state index in [1.807, 2.05) is 60.7 Å². The first-order chi connectivity index (χ1) is 30.6. The van der Waals surface area contributed by atoms with E-state index in [0.717, 1.165) is 20.0 Å². The molecular formula is C44H38CuN10O8S2. The minimum atomic E-state index is -4.20. The van der Waals surface area contributed by atoms with E-state index in [9.17, 15) is 36.6 Å². The Kier molecular flexibility index (Phi) is 11.5.